The second-order valence-corrected chi connectivity index (χ2v) is 16.7. The highest BCUT2D eigenvalue weighted by atomic mass is 16.6. The summed E-state index contributed by atoms with van der Waals surface area (Å²) in [4.78, 5) is 37.9. The molecule has 0 unspecified atom stereocenters. The maximum atomic E-state index is 12.8. The molecule has 0 rings (SSSR count). The number of esters is 3. The maximum Gasteiger partial charge on any atom is 0.306 e. The Labute approximate surface area is 359 Å². The van der Waals surface area contributed by atoms with Gasteiger partial charge in [0.1, 0.15) is 13.2 Å². The van der Waals surface area contributed by atoms with E-state index < -0.39 is 6.10 Å². The van der Waals surface area contributed by atoms with Crippen molar-refractivity contribution >= 4 is 17.9 Å². The van der Waals surface area contributed by atoms with E-state index in [1.165, 1.54) is 128 Å². The first kappa shape index (κ1) is 55.6. The SMILES string of the molecule is CCCC/C=C\C/C=C\CCCCCCCC(=O)O[C@H](COC(=O)CCCCCCC/C=C\CCCC)COC(=O)CCCCCCCCCCCCCCCCC. The molecule has 0 aromatic carbocycles. The van der Waals surface area contributed by atoms with Gasteiger partial charge in [-0.2, -0.15) is 0 Å². The van der Waals surface area contributed by atoms with Gasteiger partial charge >= 0.3 is 17.9 Å². The monoisotopic (exact) mass is 815 g/mol. The second kappa shape index (κ2) is 47.3. The van der Waals surface area contributed by atoms with Gasteiger partial charge in [0.2, 0.25) is 0 Å². The summed E-state index contributed by atoms with van der Waals surface area (Å²) in [5, 5.41) is 0. The van der Waals surface area contributed by atoms with Crippen LogP contribution in [0.4, 0.5) is 0 Å². The van der Waals surface area contributed by atoms with Gasteiger partial charge in [-0.05, 0) is 64.2 Å². The van der Waals surface area contributed by atoms with Crippen LogP contribution < -0.4 is 0 Å². The average Bonchev–Trinajstić information content (AvgIpc) is 3.22. The van der Waals surface area contributed by atoms with Gasteiger partial charge in [-0.25, -0.2) is 0 Å². The van der Waals surface area contributed by atoms with Gasteiger partial charge in [0.15, 0.2) is 6.10 Å². The summed E-state index contributed by atoms with van der Waals surface area (Å²) < 4.78 is 16.7. The van der Waals surface area contributed by atoms with Crippen LogP contribution in [0.1, 0.15) is 258 Å². The Morgan fingerprint density at radius 3 is 1.02 bits per heavy atom. The fourth-order valence-corrected chi connectivity index (χ4v) is 7.03. The summed E-state index contributed by atoms with van der Waals surface area (Å²) in [7, 11) is 0. The fourth-order valence-electron chi connectivity index (χ4n) is 7.03. The number of rotatable bonds is 45. The summed E-state index contributed by atoms with van der Waals surface area (Å²) in [5.41, 5.74) is 0. The smallest absolute Gasteiger partial charge is 0.306 e. The quantitative estimate of drug-likeness (QED) is 0.0264. The predicted molar refractivity (Wildman–Crippen MR) is 247 cm³/mol. The Kier molecular flexibility index (Phi) is 45.4. The van der Waals surface area contributed by atoms with Crippen molar-refractivity contribution in [3.8, 4) is 0 Å². The van der Waals surface area contributed by atoms with Crippen LogP contribution in [0.2, 0.25) is 0 Å². The molecule has 0 aromatic rings. The van der Waals surface area contributed by atoms with Crippen molar-refractivity contribution in [3.05, 3.63) is 36.5 Å². The molecule has 1 atom stereocenters. The molecule has 338 valence electrons. The summed E-state index contributed by atoms with van der Waals surface area (Å²) in [6, 6.07) is 0. The van der Waals surface area contributed by atoms with Crippen molar-refractivity contribution in [3.63, 3.8) is 0 Å². The van der Waals surface area contributed by atoms with Crippen LogP contribution in [0.15, 0.2) is 36.5 Å². The lowest BCUT2D eigenvalue weighted by Crippen LogP contribution is -2.30. The Morgan fingerprint density at radius 2 is 0.638 bits per heavy atom. The molecule has 0 N–H and O–H groups in total. The molecule has 0 fully saturated rings. The molecule has 0 heterocycles. The molecule has 58 heavy (non-hydrogen) atoms. The highest BCUT2D eigenvalue weighted by Crippen LogP contribution is 2.15. The van der Waals surface area contributed by atoms with E-state index >= 15 is 0 Å². The van der Waals surface area contributed by atoms with Crippen molar-refractivity contribution < 1.29 is 28.6 Å². The molecule has 0 saturated carbocycles. The number of carbonyl (C=O) groups excluding carboxylic acids is 3. The molecule has 0 saturated heterocycles. The summed E-state index contributed by atoms with van der Waals surface area (Å²) >= 11 is 0. The van der Waals surface area contributed by atoms with E-state index in [4.69, 9.17) is 14.2 Å². The Hall–Kier alpha value is -2.37. The van der Waals surface area contributed by atoms with Crippen molar-refractivity contribution in [2.24, 2.45) is 0 Å². The van der Waals surface area contributed by atoms with Gasteiger partial charge in [-0.1, -0.05) is 211 Å². The number of hydrogen-bond donors (Lipinski definition) is 0. The molecule has 0 aliphatic rings. The number of allylic oxidation sites excluding steroid dienone is 6. The molecule has 0 aromatic heterocycles. The first-order valence-electron chi connectivity index (χ1n) is 25.0. The molecule has 6 nitrogen and oxygen atoms in total. The van der Waals surface area contributed by atoms with E-state index in [9.17, 15) is 14.4 Å². The minimum absolute atomic E-state index is 0.0778. The molecule has 0 amide bonds. The Morgan fingerprint density at radius 1 is 0.345 bits per heavy atom. The number of hydrogen-bond acceptors (Lipinski definition) is 6. The zero-order chi connectivity index (χ0) is 42.3. The highest BCUT2D eigenvalue weighted by molar-refractivity contribution is 5.71. The van der Waals surface area contributed by atoms with Crippen LogP contribution in [-0.4, -0.2) is 37.2 Å². The average molecular weight is 815 g/mol. The van der Waals surface area contributed by atoms with Gasteiger partial charge in [0.25, 0.3) is 0 Å². The maximum absolute atomic E-state index is 12.8. The van der Waals surface area contributed by atoms with E-state index in [0.717, 1.165) is 89.9 Å². The van der Waals surface area contributed by atoms with Gasteiger partial charge in [0, 0.05) is 19.3 Å². The highest BCUT2D eigenvalue weighted by Gasteiger charge is 2.19. The minimum Gasteiger partial charge on any atom is -0.462 e. The molecular weight excluding hydrogens is 721 g/mol. The van der Waals surface area contributed by atoms with E-state index in [1.54, 1.807) is 0 Å². The lowest BCUT2D eigenvalue weighted by atomic mass is 10.0. The van der Waals surface area contributed by atoms with Crippen molar-refractivity contribution in [2.75, 3.05) is 13.2 Å². The minimum atomic E-state index is -0.778. The van der Waals surface area contributed by atoms with Crippen LogP contribution in [-0.2, 0) is 28.6 Å². The summed E-state index contributed by atoms with van der Waals surface area (Å²) in [5.74, 6) is -0.895. The normalized spacial score (nSPS) is 12.3. The van der Waals surface area contributed by atoms with Crippen LogP contribution in [0, 0.1) is 0 Å². The third kappa shape index (κ3) is 44.7. The largest absolute Gasteiger partial charge is 0.462 e. The van der Waals surface area contributed by atoms with Gasteiger partial charge in [0.05, 0.1) is 0 Å². The molecule has 0 aliphatic carbocycles. The molecular formula is C52H94O6. The van der Waals surface area contributed by atoms with E-state index in [1.807, 2.05) is 0 Å². The lowest BCUT2D eigenvalue weighted by Gasteiger charge is -2.18. The number of carbonyl (C=O) groups is 3. The third-order valence-corrected chi connectivity index (χ3v) is 10.9. The Bertz CT molecular complexity index is 984. The third-order valence-electron chi connectivity index (χ3n) is 10.9. The predicted octanol–water partition coefficient (Wildman–Crippen LogP) is 16.1. The number of unbranched alkanes of at least 4 members (excludes halogenated alkanes) is 28. The summed E-state index contributed by atoms with van der Waals surface area (Å²) in [6.07, 6.45) is 54.1. The molecule has 0 radical (unpaired) electrons. The van der Waals surface area contributed by atoms with E-state index in [2.05, 4.69) is 57.2 Å². The van der Waals surface area contributed by atoms with Crippen molar-refractivity contribution in [1.82, 2.24) is 0 Å². The van der Waals surface area contributed by atoms with Crippen LogP contribution in [0.3, 0.4) is 0 Å². The van der Waals surface area contributed by atoms with Crippen LogP contribution in [0.5, 0.6) is 0 Å². The number of ether oxygens (including phenoxy) is 3. The van der Waals surface area contributed by atoms with Gasteiger partial charge in [-0.3, -0.25) is 14.4 Å². The second-order valence-electron chi connectivity index (χ2n) is 16.7. The summed E-state index contributed by atoms with van der Waals surface area (Å²) in [6.45, 7) is 6.55. The van der Waals surface area contributed by atoms with E-state index in [-0.39, 0.29) is 31.1 Å². The lowest BCUT2D eigenvalue weighted by molar-refractivity contribution is -0.167. The van der Waals surface area contributed by atoms with Gasteiger partial charge < -0.3 is 14.2 Å². The first-order chi connectivity index (χ1) is 28.5. The van der Waals surface area contributed by atoms with Crippen molar-refractivity contribution in [1.29, 1.82) is 0 Å². The standard InChI is InChI=1S/C52H94O6/c1-4-7-10-13-16-19-22-24-26-28-30-33-36-39-42-45-51(54)57-48-49(47-56-50(53)44-41-38-35-32-29-21-18-15-12-9-6-3)58-52(55)46-43-40-37-34-31-27-25-23-20-17-14-11-8-5-2/h14-15,17-18,23,25,49H,4-13,16,19-22,24,26-48H2,1-3H3/b17-14-,18-15-,25-23-/t49-/m1/s1. The van der Waals surface area contributed by atoms with Gasteiger partial charge in [-0.15, -0.1) is 0 Å². The zero-order valence-corrected chi connectivity index (χ0v) is 38.6. The molecule has 0 aliphatic heterocycles. The van der Waals surface area contributed by atoms with Crippen LogP contribution in [0.25, 0.3) is 0 Å². The fraction of sp³-hybridized carbons (Fsp3) is 0.827. The Balaban J connectivity index is 4.37. The molecule has 6 heteroatoms. The zero-order valence-electron chi connectivity index (χ0n) is 38.6. The molecule has 0 spiro atoms. The van der Waals surface area contributed by atoms with Crippen LogP contribution >= 0.6 is 0 Å². The molecule has 0 bridgehead atoms. The van der Waals surface area contributed by atoms with E-state index in [0.29, 0.717) is 19.3 Å². The van der Waals surface area contributed by atoms with Crippen molar-refractivity contribution in [2.45, 2.75) is 264 Å². The first-order valence-corrected chi connectivity index (χ1v) is 25.0. The topological polar surface area (TPSA) is 78.9 Å².